The second kappa shape index (κ2) is 7.44. The number of thioether (sulfide) groups is 1. The molecule has 0 heterocycles. The van der Waals surface area contributed by atoms with Gasteiger partial charge in [0.25, 0.3) is 5.91 Å². The molecule has 3 nitrogen and oxygen atoms in total. The normalized spacial score (nSPS) is 12.2. The highest BCUT2D eigenvalue weighted by molar-refractivity contribution is 7.98. The third-order valence-corrected chi connectivity index (χ3v) is 3.62. The second-order valence-corrected chi connectivity index (χ2v) is 5.32. The van der Waals surface area contributed by atoms with Crippen molar-refractivity contribution in [3.63, 3.8) is 0 Å². The first-order chi connectivity index (χ1) is 8.60. The molecule has 1 atom stereocenters. The molecule has 1 aromatic carbocycles. The molecule has 0 saturated heterocycles. The lowest BCUT2D eigenvalue weighted by molar-refractivity contribution is 0.0934. The van der Waals surface area contributed by atoms with E-state index in [0.29, 0.717) is 6.42 Å². The number of hydrogen-bond acceptors (Lipinski definition) is 3. The van der Waals surface area contributed by atoms with Gasteiger partial charge in [0.05, 0.1) is 0 Å². The van der Waals surface area contributed by atoms with E-state index in [-0.39, 0.29) is 18.6 Å². The number of benzene rings is 1. The Morgan fingerprint density at radius 3 is 2.50 bits per heavy atom. The summed E-state index contributed by atoms with van der Waals surface area (Å²) >= 11 is 1.67. The number of aliphatic hydroxyl groups excluding tert-OH is 1. The molecular formula is C14H21NO2S. The number of hydrogen-bond donors (Lipinski definition) is 2. The van der Waals surface area contributed by atoms with E-state index in [1.807, 2.05) is 38.3 Å². The molecule has 100 valence electrons. The predicted molar refractivity (Wildman–Crippen MR) is 77.3 cm³/mol. The number of rotatable bonds is 6. The number of nitrogens with one attached hydrogen (secondary N) is 1. The van der Waals surface area contributed by atoms with Crippen LogP contribution in [-0.2, 0) is 0 Å². The fourth-order valence-electron chi connectivity index (χ4n) is 1.98. The van der Waals surface area contributed by atoms with E-state index in [1.54, 1.807) is 11.8 Å². The van der Waals surface area contributed by atoms with Crippen LogP contribution in [0.3, 0.4) is 0 Å². The molecule has 0 fully saturated rings. The van der Waals surface area contributed by atoms with Crippen LogP contribution < -0.4 is 5.32 Å². The molecule has 1 amide bonds. The minimum absolute atomic E-state index is 0.0245. The van der Waals surface area contributed by atoms with E-state index in [4.69, 9.17) is 5.11 Å². The van der Waals surface area contributed by atoms with Crippen molar-refractivity contribution in [3.05, 3.63) is 34.9 Å². The molecule has 0 aromatic heterocycles. The summed E-state index contributed by atoms with van der Waals surface area (Å²) in [4.78, 5) is 12.2. The van der Waals surface area contributed by atoms with Gasteiger partial charge >= 0.3 is 0 Å². The number of carbonyl (C=O) groups is 1. The largest absolute Gasteiger partial charge is 0.396 e. The first kappa shape index (κ1) is 15.1. The summed E-state index contributed by atoms with van der Waals surface area (Å²) in [5, 5.41) is 12.0. The topological polar surface area (TPSA) is 49.3 Å². The van der Waals surface area contributed by atoms with E-state index >= 15 is 0 Å². The standard InChI is InChI=1S/C14H21NO2S/c1-10-5-4-6-11(2)13(10)14(17)15-12(7-8-16)9-18-3/h4-6,12,16H,7-9H2,1-3H3,(H,15,17)/t12-/m1/s1. The highest BCUT2D eigenvalue weighted by atomic mass is 32.2. The minimum atomic E-state index is -0.0434. The number of aryl methyl sites for hydroxylation is 2. The zero-order valence-electron chi connectivity index (χ0n) is 11.2. The molecule has 0 spiro atoms. The van der Waals surface area contributed by atoms with E-state index in [0.717, 1.165) is 22.4 Å². The quantitative estimate of drug-likeness (QED) is 0.830. The van der Waals surface area contributed by atoms with Crippen LogP contribution in [-0.4, -0.2) is 35.7 Å². The van der Waals surface area contributed by atoms with Crippen molar-refractivity contribution in [1.29, 1.82) is 0 Å². The second-order valence-electron chi connectivity index (χ2n) is 4.40. The Bertz CT molecular complexity index is 381. The summed E-state index contributed by atoms with van der Waals surface area (Å²) in [7, 11) is 0. The third kappa shape index (κ3) is 4.03. The van der Waals surface area contributed by atoms with Crippen LogP contribution in [0.15, 0.2) is 18.2 Å². The van der Waals surface area contributed by atoms with E-state index in [1.165, 1.54) is 0 Å². The molecule has 0 aliphatic heterocycles. The summed E-state index contributed by atoms with van der Waals surface area (Å²) < 4.78 is 0. The summed E-state index contributed by atoms with van der Waals surface area (Å²) in [6.45, 7) is 3.98. The molecular weight excluding hydrogens is 246 g/mol. The van der Waals surface area contributed by atoms with Crippen LogP contribution in [0.4, 0.5) is 0 Å². The molecule has 0 radical (unpaired) electrons. The van der Waals surface area contributed by atoms with Crippen molar-refractivity contribution < 1.29 is 9.90 Å². The van der Waals surface area contributed by atoms with Crippen molar-refractivity contribution >= 4 is 17.7 Å². The Balaban J connectivity index is 2.80. The van der Waals surface area contributed by atoms with Gasteiger partial charge in [-0.2, -0.15) is 11.8 Å². The van der Waals surface area contributed by atoms with Crippen LogP contribution in [0.1, 0.15) is 27.9 Å². The molecule has 0 aliphatic carbocycles. The molecule has 18 heavy (non-hydrogen) atoms. The lowest BCUT2D eigenvalue weighted by atomic mass is 10.0. The van der Waals surface area contributed by atoms with Crippen molar-refractivity contribution in [3.8, 4) is 0 Å². The average molecular weight is 267 g/mol. The molecule has 0 unspecified atom stereocenters. The van der Waals surface area contributed by atoms with Crippen LogP contribution in [0, 0.1) is 13.8 Å². The lowest BCUT2D eigenvalue weighted by Crippen LogP contribution is -2.38. The van der Waals surface area contributed by atoms with Crippen LogP contribution in [0.5, 0.6) is 0 Å². The van der Waals surface area contributed by atoms with Crippen LogP contribution in [0.25, 0.3) is 0 Å². The Labute approximate surface area is 113 Å². The Morgan fingerprint density at radius 2 is 2.00 bits per heavy atom. The van der Waals surface area contributed by atoms with Crippen molar-refractivity contribution in [2.75, 3.05) is 18.6 Å². The fourth-order valence-corrected chi connectivity index (χ4v) is 2.64. The maximum Gasteiger partial charge on any atom is 0.252 e. The molecule has 0 aliphatic rings. The Hall–Kier alpha value is -1.00. The van der Waals surface area contributed by atoms with Gasteiger partial charge < -0.3 is 10.4 Å². The molecule has 1 rings (SSSR count). The summed E-state index contributed by atoms with van der Waals surface area (Å²) in [5.74, 6) is 0.773. The Kier molecular flexibility index (Phi) is 6.22. The predicted octanol–water partition coefficient (Wildman–Crippen LogP) is 2.15. The van der Waals surface area contributed by atoms with Gasteiger partial charge in [-0.3, -0.25) is 4.79 Å². The first-order valence-electron chi connectivity index (χ1n) is 6.07. The third-order valence-electron chi connectivity index (χ3n) is 2.89. The Morgan fingerprint density at radius 1 is 1.39 bits per heavy atom. The van der Waals surface area contributed by atoms with E-state index in [2.05, 4.69) is 5.32 Å². The van der Waals surface area contributed by atoms with Gasteiger partial charge in [0.15, 0.2) is 0 Å². The highest BCUT2D eigenvalue weighted by Gasteiger charge is 2.16. The summed E-state index contributed by atoms with van der Waals surface area (Å²) in [6.07, 6.45) is 2.59. The lowest BCUT2D eigenvalue weighted by Gasteiger charge is -2.18. The molecule has 0 bridgehead atoms. The van der Waals surface area contributed by atoms with Gasteiger partial charge in [0.1, 0.15) is 0 Å². The van der Waals surface area contributed by atoms with Gasteiger partial charge in [0, 0.05) is 24.0 Å². The average Bonchev–Trinajstić information content (AvgIpc) is 2.29. The minimum Gasteiger partial charge on any atom is -0.396 e. The van der Waals surface area contributed by atoms with Crippen molar-refractivity contribution in [2.24, 2.45) is 0 Å². The first-order valence-corrected chi connectivity index (χ1v) is 7.46. The van der Waals surface area contributed by atoms with Gasteiger partial charge in [-0.05, 0) is 37.7 Å². The number of amides is 1. The van der Waals surface area contributed by atoms with Gasteiger partial charge in [-0.25, -0.2) is 0 Å². The fraction of sp³-hybridized carbons (Fsp3) is 0.500. The monoisotopic (exact) mass is 267 g/mol. The molecule has 2 N–H and O–H groups in total. The number of aliphatic hydroxyl groups is 1. The molecule has 4 heteroatoms. The molecule has 1 aromatic rings. The zero-order chi connectivity index (χ0) is 13.5. The smallest absolute Gasteiger partial charge is 0.252 e. The zero-order valence-corrected chi connectivity index (χ0v) is 12.0. The summed E-state index contributed by atoms with van der Waals surface area (Å²) in [5.41, 5.74) is 2.72. The number of carbonyl (C=O) groups excluding carboxylic acids is 1. The summed E-state index contributed by atoms with van der Waals surface area (Å²) in [6, 6.07) is 5.86. The molecule has 0 saturated carbocycles. The maximum absolute atomic E-state index is 12.2. The van der Waals surface area contributed by atoms with Crippen molar-refractivity contribution in [1.82, 2.24) is 5.32 Å². The van der Waals surface area contributed by atoms with Gasteiger partial charge in [-0.1, -0.05) is 18.2 Å². The van der Waals surface area contributed by atoms with Gasteiger partial charge in [0.2, 0.25) is 0 Å². The van der Waals surface area contributed by atoms with Gasteiger partial charge in [-0.15, -0.1) is 0 Å². The SMILES string of the molecule is CSC[C@@H](CCO)NC(=O)c1c(C)cccc1C. The van der Waals surface area contributed by atoms with Crippen LogP contribution in [0.2, 0.25) is 0 Å². The van der Waals surface area contributed by atoms with E-state index in [9.17, 15) is 4.79 Å². The van der Waals surface area contributed by atoms with E-state index < -0.39 is 0 Å². The highest BCUT2D eigenvalue weighted by Crippen LogP contribution is 2.14. The maximum atomic E-state index is 12.2. The van der Waals surface area contributed by atoms with Crippen molar-refractivity contribution in [2.45, 2.75) is 26.3 Å². The van der Waals surface area contributed by atoms with Crippen LogP contribution >= 0.6 is 11.8 Å².